The topological polar surface area (TPSA) is 17.1 Å². The summed E-state index contributed by atoms with van der Waals surface area (Å²) in [7, 11) is 0.435. The molecule has 0 aromatic carbocycles. The molecule has 6 rings (SSSR count). The van der Waals surface area contributed by atoms with Gasteiger partial charge in [0.15, 0.2) is 10.5 Å². The Morgan fingerprint density at radius 2 is 1.26 bits per heavy atom. The quantitative estimate of drug-likeness (QED) is 0.672. The molecule has 1 saturated heterocycles. The second-order valence-corrected chi connectivity index (χ2v) is 12.3. The average Bonchev–Trinajstić information content (AvgIpc) is 3.08. The molecule has 0 aromatic heterocycles. The van der Waals surface area contributed by atoms with Gasteiger partial charge in [0.05, 0.1) is 0 Å². The van der Waals surface area contributed by atoms with Crippen molar-refractivity contribution in [3.8, 4) is 0 Å². The lowest BCUT2D eigenvalue weighted by Crippen LogP contribution is -2.60. The molecule has 1 aliphatic heterocycles. The van der Waals surface area contributed by atoms with Crippen LogP contribution >= 0.6 is 0 Å². The molecule has 0 radical (unpaired) electrons. The molecule has 1 nitrogen and oxygen atoms in total. The summed E-state index contributed by atoms with van der Waals surface area (Å²) in [6.45, 7) is 0. The van der Waals surface area contributed by atoms with Crippen molar-refractivity contribution in [3.63, 3.8) is 0 Å². The fraction of sp³-hybridized carbons (Fsp3) is 0.952. The summed E-state index contributed by atoms with van der Waals surface area (Å²) in [4.78, 5) is 14.2. The predicted molar refractivity (Wildman–Crippen MR) is 97.8 cm³/mol. The largest absolute Gasteiger partial charge is 0.293 e. The summed E-state index contributed by atoms with van der Waals surface area (Å²) in [5.74, 6) is 6.35. The van der Waals surface area contributed by atoms with Crippen molar-refractivity contribution in [1.82, 2.24) is 0 Å². The standard InChI is InChI=1S/C21H33OS/c22-19(20-13-16-10-17(14-20)12-18(11-16)15-20)21(6-2-1-3-7-21)23-8-4-5-9-23/h16-18H,1-15H2/q+1. The number of carbonyl (C=O) groups is 1. The highest BCUT2D eigenvalue weighted by Gasteiger charge is 2.64. The van der Waals surface area contributed by atoms with E-state index in [2.05, 4.69) is 0 Å². The van der Waals surface area contributed by atoms with Crippen molar-refractivity contribution in [1.29, 1.82) is 0 Å². The molecule has 6 aliphatic rings. The highest BCUT2D eigenvalue weighted by Crippen LogP contribution is 2.62. The Balaban J connectivity index is 1.49. The number of Topliss-reactive ketones (excluding diaryl/α,β-unsaturated/α-hetero) is 1. The molecule has 2 heteroatoms. The van der Waals surface area contributed by atoms with Crippen LogP contribution in [-0.4, -0.2) is 22.0 Å². The van der Waals surface area contributed by atoms with Gasteiger partial charge in [0.2, 0.25) is 0 Å². The van der Waals surface area contributed by atoms with Gasteiger partial charge in [-0.05, 0) is 82.0 Å². The fourth-order valence-corrected chi connectivity index (χ4v) is 11.1. The summed E-state index contributed by atoms with van der Waals surface area (Å²) >= 11 is 0. The smallest absolute Gasteiger partial charge is 0.193 e. The molecule has 0 aromatic rings. The Hall–Kier alpha value is 0.0200. The number of rotatable bonds is 3. The van der Waals surface area contributed by atoms with Crippen LogP contribution in [0.3, 0.4) is 0 Å². The second kappa shape index (κ2) is 5.51. The second-order valence-electron chi connectivity index (χ2n) is 9.69. The molecule has 23 heavy (non-hydrogen) atoms. The van der Waals surface area contributed by atoms with Crippen molar-refractivity contribution in [2.45, 2.75) is 88.2 Å². The van der Waals surface area contributed by atoms with Crippen LogP contribution in [0.25, 0.3) is 0 Å². The van der Waals surface area contributed by atoms with E-state index in [0.717, 1.165) is 23.5 Å². The van der Waals surface area contributed by atoms with E-state index in [0.29, 0.717) is 10.9 Å². The Bertz CT molecular complexity index is 449. The van der Waals surface area contributed by atoms with Crippen molar-refractivity contribution in [3.05, 3.63) is 0 Å². The summed E-state index contributed by atoms with van der Waals surface area (Å²) in [5.41, 5.74) is 0.154. The molecule has 0 N–H and O–H groups in total. The fourth-order valence-electron chi connectivity index (χ4n) is 7.69. The van der Waals surface area contributed by atoms with E-state index in [4.69, 9.17) is 0 Å². The highest BCUT2D eigenvalue weighted by molar-refractivity contribution is 7.99. The van der Waals surface area contributed by atoms with Crippen molar-refractivity contribution < 1.29 is 4.79 Å². The maximum absolute atomic E-state index is 14.2. The van der Waals surface area contributed by atoms with E-state index in [9.17, 15) is 4.79 Å². The van der Waals surface area contributed by atoms with Crippen LogP contribution in [0.5, 0.6) is 0 Å². The SMILES string of the molecule is O=C(C12CC3CC(CC(C3)C1)C2)C1([S+]2CCCC2)CCCCC1. The van der Waals surface area contributed by atoms with Gasteiger partial charge in [-0.2, -0.15) is 0 Å². The Labute approximate surface area is 144 Å². The molecular weight excluding hydrogens is 300 g/mol. The first-order valence-corrected chi connectivity index (χ1v) is 12.0. The third-order valence-corrected chi connectivity index (χ3v) is 11.4. The van der Waals surface area contributed by atoms with Gasteiger partial charge in [-0.3, -0.25) is 4.79 Å². The zero-order valence-electron chi connectivity index (χ0n) is 14.7. The molecule has 0 atom stereocenters. The van der Waals surface area contributed by atoms with Crippen LogP contribution in [0.15, 0.2) is 0 Å². The first-order chi connectivity index (χ1) is 11.2. The minimum atomic E-state index is 0.153. The molecule has 5 saturated carbocycles. The number of hydrogen-bond donors (Lipinski definition) is 0. The summed E-state index contributed by atoms with van der Waals surface area (Å²) in [6, 6.07) is 0. The molecular formula is C21H33OS+. The highest BCUT2D eigenvalue weighted by atomic mass is 32.2. The van der Waals surface area contributed by atoms with Gasteiger partial charge in [0.25, 0.3) is 0 Å². The summed E-state index contributed by atoms with van der Waals surface area (Å²) in [5, 5.41) is 0. The molecule has 0 unspecified atom stereocenters. The molecule has 4 bridgehead atoms. The van der Waals surface area contributed by atoms with Gasteiger partial charge in [0, 0.05) is 29.2 Å². The third-order valence-electron chi connectivity index (χ3n) is 8.18. The minimum absolute atomic E-state index is 0.153. The normalized spacial score (nSPS) is 45.5. The first-order valence-electron chi connectivity index (χ1n) is 10.4. The van der Waals surface area contributed by atoms with E-state index in [-0.39, 0.29) is 10.2 Å². The van der Waals surface area contributed by atoms with Gasteiger partial charge in [-0.15, -0.1) is 0 Å². The zero-order chi connectivity index (χ0) is 15.5. The molecule has 5 aliphatic carbocycles. The number of carbonyl (C=O) groups excluding carboxylic acids is 1. The van der Waals surface area contributed by atoms with Crippen LogP contribution < -0.4 is 0 Å². The number of hydrogen-bond acceptors (Lipinski definition) is 1. The molecule has 1 heterocycles. The maximum atomic E-state index is 14.2. The molecule has 6 fully saturated rings. The van der Waals surface area contributed by atoms with E-state index < -0.39 is 0 Å². The van der Waals surface area contributed by atoms with Crippen LogP contribution in [0.1, 0.15) is 83.5 Å². The van der Waals surface area contributed by atoms with Crippen LogP contribution in [-0.2, 0) is 15.7 Å². The third kappa shape index (κ3) is 2.29. The Morgan fingerprint density at radius 1 is 0.739 bits per heavy atom. The van der Waals surface area contributed by atoms with Gasteiger partial charge in [-0.25, -0.2) is 0 Å². The number of ketones is 1. The summed E-state index contributed by atoms with van der Waals surface area (Å²) < 4.78 is 0.153. The predicted octanol–water partition coefficient (Wildman–Crippen LogP) is 4.89. The first kappa shape index (κ1) is 15.3. The van der Waals surface area contributed by atoms with Crippen LogP contribution in [0.2, 0.25) is 0 Å². The van der Waals surface area contributed by atoms with Crippen LogP contribution in [0, 0.1) is 23.2 Å². The molecule has 0 amide bonds. The van der Waals surface area contributed by atoms with Gasteiger partial charge >= 0.3 is 0 Å². The molecule has 0 spiro atoms. The van der Waals surface area contributed by atoms with E-state index >= 15 is 0 Å². The molecule has 128 valence electrons. The van der Waals surface area contributed by atoms with Crippen molar-refractivity contribution in [2.24, 2.45) is 23.2 Å². The maximum Gasteiger partial charge on any atom is 0.193 e. The summed E-state index contributed by atoms with van der Waals surface area (Å²) in [6.07, 6.45) is 17.6. The van der Waals surface area contributed by atoms with Gasteiger partial charge < -0.3 is 0 Å². The van der Waals surface area contributed by atoms with E-state index in [1.165, 1.54) is 95.0 Å². The van der Waals surface area contributed by atoms with Crippen molar-refractivity contribution in [2.75, 3.05) is 11.5 Å². The van der Waals surface area contributed by atoms with Gasteiger partial charge in [0.1, 0.15) is 11.5 Å². The van der Waals surface area contributed by atoms with E-state index in [1.807, 2.05) is 0 Å². The van der Waals surface area contributed by atoms with Crippen LogP contribution in [0.4, 0.5) is 0 Å². The minimum Gasteiger partial charge on any atom is -0.293 e. The lowest BCUT2D eigenvalue weighted by Gasteiger charge is -2.57. The average molecular weight is 334 g/mol. The lowest BCUT2D eigenvalue weighted by atomic mass is 9.47. The Morgan fingerprint density at radius 3 is 1.78 bits per heavy atom. The van der Waals surface area contributed by atoms with E-state index in [1.54, 1.807) is 0 Å². The van der Waals surface area contributed by atoms with Gasteiger partial charge in [-0.1, -0.05) is 6.42 Å². The Kier molecular flexibility index (Phi) is 3.66. The monoisotopic (exact) mass is 333 g/mol. The zero-order valence-corrected chi connectivity index (χ0v) is 15.5. The lowest BCUT2D eigenvalue weighted by molar-refractivity contribution is -0.147. The van der Waals surface area contributed by atoms with Crippen molar-refractivity contribution >= 4 is 16.7 Å².